The van der Waals surface area contributed by atoms with Crippen LogP contribution in [-0.2, 0) is 6.42 Å². The molecule has 9 rings (SSSR count). The van der Waals surface area contributed by atoms with Crippen molar-refractivity contribution in [1.29, 1.82) is 0 Å². The summed E-state index contributed by atoms with van der Waals surface area (Å²) in [6.07, 6.45) is 6.68. The summed E-state index contributed by atoms with van der Waals surface area (Å²) in [4.78, 5) is 0. The van der Waals surface area contributed by atoms with E-state index in [-0.39, 0.29) is 0 Å². The Morgan fingerprint density at radius 2 is 0.362 bits per heavy atom. The van der Waals surface area contributed by atoms with Gasteiger partial charge in [0.15, 0.2) is 0 Å². The SMILES string of the molecule is CCCCCCc1ccc(C)cc1.Cc1ccccc1.Cc1ccccc1.Cc1ccccc1.Cc1ccccc1.Cc1ccccc1.Cc1ccccc1.Cc1ccccc1.Cc1ccccc1. The third-order valence-electron chi connectivity index (χ3n) is 9.96. The summed E-state index contributed by atoms with van der Waals surface area (Å²) in [5.74, 6) is 0. The van der Waals surface area contributed by atoms with Crippen molar-refractivity contribution in [2.45, 2.75) is 101 Å². The van der Waals surface area contributed by atoms with Crippen LogP contribution in [-0.4, -0.2) is 0 Å². The summed E-state index contributed by atoms with van der Waals surface area (Å²) in [5.41, 5.74) is 13.4. The lowest BCUT2D eigenvalue weighted by Gasteiger charge is -2.01. The maximum atomic E-state index is 2.26. The summed E-state index contributed by atoms with van der Waals surface area (Å²) >= 11 is 0. The molecule has 0 radical (unpaired) electrons. The summed E-state index contributed by atoms with van der Waals surface area (Å²) < 4.78 is 0. The van der Waals surface area contributed by atoms with E-state index in [4.69, 9.17) is 0 Å². The molecule has 0 atom stereocenters. The Kier molecular flexibility index (Phi) is 36.8. The van der Waals surface area contributed by atoms with Crippen molar-refractivity contribution in [3.05, 3.63) is 323 Å². The molecule has 9 aromatic carbocycles. The van der Waals surface area contributed by atoms with E-state index in [1.807, 2.05) is 146 Å². The van der Waals surface area contributed by atoms with E-state index in [1.54, 1.807) is 0 Å². The fourth-order valence-electron chi connectivity index (χ4n) is 5.79. The first-order valence-corrected chi connectivity index (χ1v) is 24.7. The molecule has 0 aliphatic heterocycles. The average molecular weight is 913 g/mol. The van der Waals surface area contributed by atoms with Gasteiger partial charge in [0.1, 0.15) is 0 Å². The molecule has 0 nitrogen and oxygen atoms in total. The predicted molar refractivity (Wildman–Crippen MR) is 308 cm³/mol. The first kappa shape index (κ1) is 60.0. The van der Waals surface area contributed by atoms with Gasteiger partial charge in [0.2, 0.25) is 0 Å². The molecule has 0 bridgehead atoms. The molecule has 9 aromatic rings. The number of hydrogen-bond donors (Lipinski definition) is 0. The van der Waals surface area contributed by atoms with Crippen molar-refractivity contribution in [3.8, 4) is 0 Å². The smallest absolute Gasteiger partial charge is 0.0279 e. The second kappa shape index (κ2) is 42.3. The molecule has 0 amide bonds. The van der Waals surface area contributed by atoms with Crippen molar-refractivity contribution in [1.82, 2.24) is 0 Å². The van der Waals surface area contributed by atoms with E-state index >= 15 is 0 Å². The minimum atomic E-state index is 1.25. The quantitative estimate of drug-likeness (QED) is 0.151. The van der Waals surface area contributed by atoms with Gasteiger partial charge >= 0.3 is 0 Å². The average Bonchev–Trinajstić information content (AvgIpc) is 3.37. The highest BCUT2D eigenvalue weighted by molar-refractivity contribution is 5.21. The molecular formula is C69H84. The van der Waals surface area contributed by atoms with Gasteiger partial charge in [-0.05, 0) is 80.7 Å². The molecule has 0 heteroatoms. The first-order valence-electron chi connectivity index (χ1n) is 24.7. The molecule has 0 aromatic heterocycles. The summed E-state index contributed by atoms with van der Waals surface area (Å²) in [7, 11) is 0. The molecule has 360 valence electrons. The Labute approximate surface area is 421 Å². The fraction of sp³-hybridized carbons (Fsp3) is 0.217. The lowest BCUT2D eigenvalue weighted by Crippen LogP contribution is -1.85. The van der Waals surface area contributed by atoms with Crippen molar-refractivity contribution >= 4 is 0 Å². The monoisotopic (exact) mass is 913 g/mol. The van der Waals surface area contributed by atoms with Crippen molar-refractivity contribution in [2.24, 2.45) is 0 Å². The zero-order chi connectivity index (χ0) is 50.4. The number of hydrogen-bond acceptors (Lipinski definition) is 0. The van der Waals surface area contributed by atoms with E-state index in [9.17, 15) is 0 Å². The van der Waals surface area contributed by atoms with Crippen LogP contribution < -0.4 is 0 Å². The zero-order valence-corrected chi connectivity index (χ0v) is 43.9. The lowest BCUT2D eigenvalue weighted by atomic mass is 10.1. The van der Waals surface area contributed by atoms with Gasteiger partial charge in [-0.1, -0.05) is 343 Å². The van der Waals surface area contributed by atoms with Crippen molar-refractivity contribution < 1.29 is 0 Å². The first-order chi connectivity index (χ1) is 33.5. The number of rotatable bonds is 5. The molecule has 0 aliphatic carbocycles. The molecule has 0 fully saturated rings. The largest absolute Gasteiger partial charge is 0.0654 e. The zero-order valence-electron chi connectivity index (χ0n) is 43.9. The van der Waals surface area contributed by atoms with Crippen LogP contribution in [0, 0.1) is 62.3 Å². The van der Waals surface area contributed by atoms with Gasteiger partial charge in [-0.3, -0.25) is 0 Å². The van der Waals surface area contributed by atoms with Crippen molar-refractivity contribution in [3.63, 3.8) is 0 Å². The Bertz CT molecular complexity index is 1930. The summed E-state index contributed by atoms with van der Waals surface area (Å²) in [6.45, 7) is 21.1. The second-order valence-electron chi connectivity index (χ2n) is 17.0. The van der Waals surface area contributed by atoms with Crippen LogP contribution in [0.25, 0.3) is 0 Å². The van der Waals surface area contributed by atoms with Gasteiger partial charge in [-0.15, -0.1) is 0 Å². The molecule has 0 unspecified atom stereocenters. The maximum Gasteiger partial charge on any atom is -0.0279 e. The van der Waals surface area contributed by atoms with Gasteiger partial charge in [-0.2, -0.15) is 0 Å². The predicted octanol–water partition coefficient (Wildman–Crippen LogP) is 20.1. The number of unbranched alkanes of at least 4 members (excludes halogenated alkanes) is 3. The molecule has 69 heavy (non-hydrogen) atoms. The molecule has 0 saturated carbocycles. The Balaban J connectivity index is 0.000000392. The summed E-state index contributed by atoms with van der Waals surface area (Å²) in [5, 5.41) is 0. The Morgan fingerprint density at radius 1 is 0.188 bits per heavy atom. The van der Waals surface area contributed by atoms with Crippen LogP contribution in [0.15, 0.2) is 267 Å². The molecule has 0 saturated heterocycles. The van der Waals surface area contributed by atoms with Crippen LogP contribution >= 0.6 is 0 Å². The third-order valence-corrected chi connectivity index (χ3v) is 9.96. The van der Waals surface area contributed by atoms with Crippen LogP contribution in [0.3, 0.4) is 0 Å². The van der Waals surface area contributed by atoms with E-state index < -0.39 is 0 Å². The van der Waals surface area contributed by atoms with E-state index in [0.29, 0.717) is 0 Å². The minimum absolute atomic E-state index is 1.25. The van der Waals surface area contributed by atoms with Crippen LogP contribution in [0.1, 0.15) is 88.2 Å². The van der Waals surface area contributed by atoms with Crippen molar-refractivity contribution in [2.75, 3.05) is 0 Å². The standard InChI is InChI=1S/C13H20.8C7H8/c1-3-4-5-6-7-13-10-8-12(2)9-11-13;8*1-7-5-3-2-4-6-7/h8-11H,3-7H2,1-2H3;8*2-6H,1H3. The minimum Gasteiger partial charge on any atom is -0.0654 e. The van der Waals surface area contributed by atoms with E-state index in [1.165, 1.54) is 87.7 Å². The highest BCUT2D eigenvalue weighted by Crippen LogP contribution is 2.09. The van der Waals surface area contributed by atoms with Crippen LogP contribution in [0.2, 0.25) is 0 Å². The lowest BCUT2D eigenvalue weighted by molar-refractivity contribution is 0.667. The van der Waals surface area contributed by atoms with Crippen LogP contribution in [0.5, 0.6) is 0 Å². The molecular weight excluding hydrogens is 829 g/mol. The highest BCUT2D eigenvalue weighted by atomic mass is 14.0. The maximum absolute atomic E-state index is 2.26. The summed E-state index contributed by atoms with van der Waals surface area (Å²) in [6, 6.07) is 91.0. The molecule has 0 aliphatic rings. The fourth-order valence-corrected chi connectivity index (χ4v) is 5.79. The van der Waals surface area contributed by atoms with Crippen LogP contribution in [0.4, 0.5) is 0 Å². The molecule has 0 heterocycles. The van der Waals surface area contributed by atoms with E-state index in [2.05, 4.69) is 191 Å². The van der Waals surface area contributed by atoms with Gasteiger partial charge in [-0.25, -0.2) is 0 Å². The topological polar surface area (TPSA) is 0 Å². The third kappa shape index (κ3) is 39.8. The Morgan fingerprint density at radius 3 is 0.507 bits per heavy atom. The van der Waals surface area contributed by atoms with Gasteiger partial charge in [0.25, 0.3) is 0 Å². The van der Waals surface area contributed by atoms with E-state index in [0.717, 1.165) is 0 Å². The Hall–Kier alpha value is -7.02. The number of aryl methyl sites for hydroxylation is 10. The second-order valence-corrected chi connectivity index (χ2v) is 17.0. The van der Waals surface area contributed by atoms with Gasteiger partial charge < -0.3 is 0 Å². The number of benzene rings is 9. The molecule has 0 spiro atoms. The molecule has 0 N–H and O–H groups in total. The highest BCUT2D eigenvalue weighted by Gasteiger charge is 1.92. The van der Waals surface area contributed by atoms with Gasteiger partial charge in [0.05, 0.1) is 0 Å². The normalized spacial score (nSPS) is 9.01. The van der Waals surface area contributed by atoms with Gasteiger partial charge in [0, 0.05) is 0 Å².